The van der Waals surface area contributed by atoms with Crippen molar-refractivity contribution in [2.45, 2.75) is 26.3 Å². The van der Waals surface area contributed by atoms with E-state index in [0.717, 1.165) is 10.8 Å². The number of nitrogens with two attached hydrogens (primary N) is 1. The number of nitrogens with zero attached hydrogens (tertiary/aromatic N) is 1. The van der Waals surface area contributed by atoms with Crippen molar-refractivity contribution in [2.75, 3.05) is 5.73 Å². The number of nitrogens with one attached hydrogen (secondary N) is 1. The van der Waals surface area contributed by atoms with Gasteiger partial charge in [0, 0.05) is 17.1 Å². The molecule has 2 rings (SSSR count). The highest BCUT2D eigenvalue weighted by Gasteiger charge is 2.18. The summed E-state index contributed by atoms with van der Waals surface area (Å²) in [6.07, 6.45) is 1.53. The lowest BCUT2D eigenvalue weighted by molar-refractivity contribution is 0.0921. The molecule has 0 bridgehead atoms. The minimum absolute atomic E-state index is 0.133. The molecule has 0 saturated carbocycles. The fourth-order valence-corrected chi connectivity index (χ4v) is 1.80. The molecular weight excluding hydrogens is 226 g/mol. The second kappa shape index (κ2) is 4.29. The third-order valence-electron chi connectivity index (χ3n) is 2.56. The van der Waals surface area contributed by atoms with Gasteiger partial charge >= 0.3 is 0 Å². The number of nitrogen functional groups attached to an aromatic ring is 1. The molecule has 1 heterocycles. The predicted octanol–water partition coefficient (Wildman–Crippen LogP) is 2.35. The van der Waals surface area contributed by atoms with Crippen molar-refractivity contribution in [3.05, 3.63) is 36.0 Å². The lowest BCUT2D eigenvalue weighted by Gasteiger charge is -2.21. The van der Waals surface area contributed by atoms with Gasteiger partial charge < -0.3 is 11.1 Å². The molecule has 0 aliphatic carbocycles. The van der Waals surface area contributed by atoms with Crippen LogP contribution in [0.5, 0.6) is 0 Å². The van der Waals surface area contributed by atoms with Gasteiger partial charge in [0.05, 0.1) is 5.56 Å². The summed E-state index contributed by atoms with van der Waals surface area (Å²) in [6, 6.07) is 7.51. The van der Waals surface area contributed by atoms with Crippen LogP contribution in [-0.2, 0) is 0 Å². The predicted molar refractivity (Wildman–Crippen MR) is 73.4 cm³/mol. The Balaban J connectivity index is 2.52. The van der Waals surface area contributed by atoms with Crippen LogP contribution in [0.15, 0.2) is 30.5 Å². The summed E-state index contributed by atoms with van der Waals surface area (Å²) in [5, 5.41) is 4.56. The van der Waals surface area contributed by atoms with Crippen molar-refractivity contribution in [1.82, 2.24) is 10.3 Å². The Morgan fingerprint density at radius 2 is 1.83 bits per heavy atom. The SMILES string of the molecule is CC(C)(C)NC(=O)c1cnc(N)c2ccccc12. The molecule has 1 amide bonds. The molecule has 1 aromatic heterocycles. The normalized spacial score (nSPS) is 11.5. The number of carbonyl (C=O) groups excluding carboxylic acids is 1. The minimum Gasteiger partial charge on any atom is -0.383 e. The van der Waals surface area contributed by atoms with E-state index in [9.17, 15) is 4.79 Å². The van der Waals surface area contributed by atoms with Gasteiger partial charge in [0.2, 0.25) is 0 Å². The van der Waals surface area contributed by atoms with Crippen molar-refractivity contribution < 1.29 is 4.79 Å². The molecule has 0 fully saturated rings. The summed E-state index contributed by atoms with van der Waals surface area (Å²) < 4.78 is 0. The average molecular weight is 243 g/mol. The summed E-state index contributed by atoms with van der Waals surface area (Å²) in [4.78, 5) is 16.3. The van der Waals surface area contributed by atoms with Crippen molar-refractivity contribution in [1.29, 1.82) is 0 Å². The Bertz CT molecular complexity index is 600. The second-order valence-electron chi connectivity index (χ2n) is 5.31. The van der Waals surface area contributed by atoms with Gasteiger partial charge in [-0.1, -0.05) is 24.3 Å². The summed E-state index contributed by atoms with van der Waals surface area (Å²) in [5.74, 6) is 0.309. The third kappa shape index (κ3) is 2.42. The Morgan fingerprint density at radius 3 is 2.44 bits per heavy atom. The largest absolute Gasteiger partial charge is 0.383 e. The lowest BCUT2D eigenvalue weighted by atomic mass is 10.0. The molecule has 1 aromatic carbocycles. The number of benzene rings is 1. The Labute approximate surface area is 106 Å². The van der Waals surface area contributed by atoms with Gasteiger partial charge in [-0.25, -0.2) is 4.98 Å². The van der Waals surface area contributed by atoms with Gasteiger partial charge in [-0.05, 0) is 26.2 Å². The summed E-state index contributed by atoms with van der Waals surface area (Å²) in [5.41, 5.74) is 6.08. The van der Waals surface area contributed by atoms with Crippen LogP contribution in [0.2, 0.25) is 0 Å². The van der Waals surface area contributed by atoms with E-state index in [1.54, 1.807) is 0 Å². The summed E-state index contributed by atoms with van der Waals surface area (Å²) in [6.45, 7) is 5.83. The first kappa shape index (κ1) is 12.4. The van der Waals surface area contributed by atoms with Crippen LogP contribution in [0.3, 0.4) is 0 Å². The second-order valence-corrected chi connectivity index (χ2v) is 5.31. The molecule has 0 radical (unpaired) electrons. The fraction of sp³-hybridized carbons (Fsp3) is 0.286. The van der Waals surface area contributed by atoms with Crippen LogP contribution in [0.4, 0.5) is 5.82 Å². The number of anilines is 1. The van der Waals surface area contributed by atoms with Gasteiger partial charge in [0.1, 0.15) is 5.82 Å². The van der Waals surface area contributed by atoms with Crippen LogP contribution in [0.1, 0.15) is 31.1 Å². The van der Waals surface area contributed by atoms with Crippen molar-refractivity contribution >= 4 is 22.5 Å². The smallest absolute Gasteiger partial charge is 0.253 e. The third-order valence-corrected chi connectivity index (χ3v) is 2.56. The van der Waals surface area contributed by atoms with Crippen LogP contribution in [-0.4, -0.2) is 16.4 Å². The topological polar surface area (TPSA) is 68.0 Å². The lowest BCUT2D eigenvalue weighted by Crippen LogP contribution is -2.40. The van der Waals surface area contributed by atoms with E-state index < -0.39 is 0 Å². The van der Waals surface area contributed by atoms with Gasteiger partial charge in [-0.15, -0.1) is 0 Å². The number of amides is 1. The summed E-state index contributed by atoms with van der Waals surface area (Å²) in [7, 11) is 0. The highest BCUT2D eigenvalue weighted by atomic mass is 16.1. The van der Waals surface area contributed by atoms with Crippen molar-refractivity contribution in [2.24, 2.45) is 0 Å². The molecule has 0 unspecified atom stereocenters. The molecule has 0 spiro atoms. The van der Waals surface area contributed by atoms with Crippen LogP contribution in [0, 0.1) is 0 Å². The van der Waals surface area contributed by atoms with Crippen LogP contribution in [0.25, 0.3) is 10.8 Å². The maximum Gasteiger partial charge on any atom is 0.253 e. The van der Waals surface area contributed by atoms with Crippen molar-refractivity contribution in [3.63, 3.8) is 0 Å². The first-order valence-electron chi connectivity index (χ1n) is 5.84. The van der Waals surface area contributed by atoms with Crippen molar-refractivity contribution in [3.8, 4) is 0 Å². The Morgan fingerprint density at radius 1 is 1.22 bits per heavy atom. The van der Waals surface area contributed by atoms with E-state index in [-0.39, 0.29) is 11.4 Å². The molecule has 4 nitrogen and oxygen atoms in total. The summed E-state index contributed by atoms with van der Waals surface area (Å²) >= 11 is 0. The Kier molecular flexibility index (Phi) is 2.95. The molecule has 0 atom stereocenters. The van der Waals surface area contributed by atoms with E-state index >= 15 is 0 Å². The molecule has 2 aromatic rings. The molecule has 0 aliphatic rings. The minimum atomic E-state index is -0.278. The van der Waals surface area contributed by atoms with E-state index in [2.05, 4.69) is 10.3 Å². The van der Waals surface area contributed by atoms with Crippen LogP contribution >= 0.6 is 0 Å². The number of rotatable bonds is 1. The molecular formula is C14H17N3O. The van der Waals surface area contributed by atoms with Gasteiger partial charge in [0.25, 0.3) is 5.91 Å². The zero-order valence-electron chi connectivity index (χ0n) is 10.8. The van der Waals surface area contributed by atoms with E-state index in [1.807, 2.05) is 45.0 Å². The highest BCUT2D eigenvalue weighted by Crippen LogP contribution is 2.22. The Hall–Kier alpha value is -2.10. The zero-order chi connectivity index (χ0) is 13.3. The van der Waals surface area contributed by atoms with E-state index in [0.29, 0.717) is 11.4 Å². The van der Waals surface area contributed by atoms with Gasteiger partial charge in [0.15, 0.2) is 0 Å². The first-order valence-corrected chi connectivity index (χ1v) is 5.84. The monoisotopic (exact) mass is 243 g/mol. The van der Waals surface area contributed by atoms with Crippen LogP contribution < -0.4 is 11.1 Å². The highest BCUT2D eigenvalue weighted by molar-refractivity contribution is 6.09. The number of pyridine rings is 1. The average Bonchev–Trinajstić information content (AvgIpc) is 2.27. The van der Waals surface area contributed by atoms with E-state index in [4.69, 9.17) is 5.73 Å². The number of fused-ring (bicyclic) bond motifs is 1. The van der Waals surface area contributed by atoms with Gasteiger partial charge in [-0.3, -0.25) is 4.79 Å². The molecule has 0 saturated heterocycles. The maximum atomic E-state index is 12.2. The number of aromatic nitrogens is 1. The molecule has 3 N–H and O–H groups in total. The quantitative estimate of drug-likeness (QED) is 0.807. The number of carbonyl (C=O) groups is 1. The molecule has 18 heavy (non-hydrogen) atoms. The number of hydrogen-bond acceptors (Lipinski definition) is 3. The number of hydrogen-bond donors (Lipinski definition) is 2. The van der Waals surface area contributed by atoms with Gasteiger partial charge in [-0.2, -0.15) is 0 Å². The molecule has 94 valence electrons. The standard InChI is InChI=1S/C14H17N3O/c1-14(2,3)17-13(18)11-8-16-12(15)10-7-5-4-6-9(10)11/h4-8H,1-3H3,(H2,15,16)(H,17,18). The molecule has 4 heteroatoms. The maximum absolute atomic E-state index is 12.2. The van der Waals surface area contributed by atoms with E-state index in [1.165, 1.54) is 6.20 Å². The first-order chi connectivity index (χ1) is 8.38. The fourth-order valence-electron chi connectivity index (χ4n) is 1.80. The molecule has 0 aliphatic heterocycles. The zero-order valence-corrected chi connectivity index (χ0v) is 10.8.